The number of rotatable bonds is 5. The lowest BCUT2D eigenvalue weighted by atomic mass is 10.0. The Balaban J connectivity index is 1.88. The molecule has 30 heavy (non-hydrogen) atoms. The summed E-state index contributed by atoms with van der Waals surface area (Å²) in [6.45, 7) is 2.09. The number of hydrogen-bond donors (Lipinski definition) is 2. The van der Waals surface area contributed by atoms with Crippen molar-refractivity contribution in [2.24, 2.45) is 0 Å². The average Bonchev–Trinajstić information content (AvgIpc) is 2.79. The molecule has 1 heterocycles. The molecule has 3 aromatic rings. The third kappa shape index (κ3) is 3.30. The summed E-state index contributed by atoms with van der Waals surface area (Å²) in [6.07, 6.45) is 0.411. The number of phenols is 1. The summed E-state index contributed by atoms with van der Waals surface area (Å²) in [7, 11) is 2.96. The van der Waals surface area contributed by atoms with Gasteiger partial charge < -0.3 is 19.9 Å². The van der Waals surface area contributed by atoms with Crippen LogP contribution < -0.4 is 19.7 Å². The van der Waals surface area contributed by atoms with Gasteiger partial charge in [0.05, 0.1) is 19.8 Å². The van der Waals surface area contributed by atoms with Crippen LogP contribution in [0.1, 0.15) is 34.6 Å². The maximum absolute atomic E-state index is 13.5. The summed E-state index contributed by atoms with van der Waals surface area (Å²) in [4.78, 5) is 15.2. The van der Waals surface area contributed by atoms with E-state index in [1.54, 1.807) is 17.0 Å². The fourth-order valence-electron chi connectivity index (χ4n) is 3.72. The number of benzene rings is 3. The Kier molecular flexibility index (Phi) is 5.23. The Morgan fingerprint density at radius 3 is 2.23 bits per heavy atom. The number of phenolic OH excluding ortho intramolecular Hbond substituents is 1. The molecule has 4 rings (SSSR count). The number of nitrogens with zero attached hydrogens (tertiary/aromatic N) is 1. The molecule has 0 bridgehead atoms. The van der Waals surface area contributed by atoms with Gasteiger partial charge in [-0.3, -0.25) is 9.69 Å². The second kappa shape index (κ2) is 7.99. The molecule has 1 aliphatic heterocycles. The van der Waals surface area contributed by atoms with Gasteiger partial charge in [-0.15, -0.1) is 0 Å². The highest BCUT2D eigenvalue weighted by Gasteiger charge is 2.35. The first kappa shape index (κ1) is 19.6. The van der Waals surface area contributed by atoms with Crippen molar-refractivity contribution in [1.29, 1.82) is 0 Å². The minimum Gasteiger partial charge on any atom is -0.502 e. The van der Waals surface area contributed by atoms with Gasteiger partial charge in [0, 0.05) is 16.9 Å². The van der Waals surface area contributed by atoms with Gasteiger partial charge in [-0.2, -0.15) is 0 Å². The van der Waals surface area contributed by atoms with Crippen LogP contribution in [-0.4, -0.2) is 25.2 Å². The number of nitrogens with one attached hydrogen (secondary N) is 1. The third-order valence-corrected chi connectivity index (χ3v) is 5.37. The van der Waals surface area contributed by atoms with Crippen LogP contribution in [0.15, 0.2) is 60.7 Å². The lowest BCUT2D eigenvalue weighted by Crippen LogP contribution is -2.43. The van der Waals surface area contributed by atoms with E-state index in [2.05, 4.69) is 12.2 Å². The number of carbonyl (C=O) groups excluding carboxylic acids is 1. The van der Waals surface area contributed by atoms with E-state index in [1.165, 1.54) is 19.8 Å². The molecule has 2 N–H and O–H groups in total. The van der Waals surface area contributed by atoms with Crippen molar-refractivity contribution in [2.45, 2.75) is 19.5 Å². The monoisotopic (exact) mass is 404 g/mol. The van der Waals surface area contributed by atoms with Crippen LogP contribution in [0.5, 0.6) is 17.2 Å². The molecule has 154 valence electrons. The standard InChI is InChI=1S/C24H24N2O4/c1-4-15-9-11-17(12-10-15)26-23(25-19-8-6-5-7-18(19)24(26)28)16-13-20(29-2)22(27)21(14-16)30-3/h5-14,23,25,27H,4H2,1-3H3. The van der Waals surface area contributed by atoms with Crippen LogP contribution >= 0.6 is 0 Å². The Hall–Kier alpha value is -3.67. The largest absolute Gasteiger partial charge is 0.502 e. The van der Waals surface area contributed by atoms with E-state index in [0.717, 1.165) is 23.4 Å². The Morgan fingerprint density at radius 1 is 1.00 bits per heavy atom. The molecule has 0 saturated carbocycles. The van der Waals surface area contributed by atoms with Gasteiger partial charge in [-0.1, -0.05) is 31.2 Å². The first-order valence-corrected chi connectivity index (χ1v) is 9.80. The van der Waals surface area contributed by atoms with Gasteiger partial charge in [0.1, 0.15) is 6.17 Å². The molecular weight excluding hydrogens is 380 g/mol. The van der Waals surface area contributed by atoms with Crippen molar-refractivity contribution in [3.05, 3.63) is 77.4 Å². The van der Waals surface area contributed by atoms with E-state index in [1.807, 2.05) is 48.5 Å². The number of methoxy groups -OCH3 is 2. The molecule has 0 saturated heterocycles. The topological polar surface area (TPSA) is 71.0 Å². The molecule has 0 fully saturated rings. The normalized spacial score (nSPS) is 15.4. The van der Waals surface area contributed by atoms with E-state index >= 15 is 0 Å². The van der Waals surface area contributed by atoms with Crippen LogP contribution in [0.3, 0.4) is 0 Å². The number of amides is 1. The van der Waals surface area contributed by atoms with Crippen molar-refractivity contribution in [1.82, 2.24) is 0 Å². The number of anilines is 2. The number of fused-ring (bicyclic) bond motifs is 1. The predicted molar refractivity (Wildman–Crippen MR) is 117 cm³/mol. The van der Waals surface area contributed by atoms with Gasteiger partial charge in [-0.05, 0) is 48.4 Å². The summed E-state index contributed by atoms with van der Waals surface area (Å²) in [6, 6.07) is 18.8. The molecular formula is C24H24N2O4. The van der Waals surface area contributed by atoms with Gasteiger partial charge in [0.2, 0.25) is 5.75 Å². The number of ether oxygens (including phenoxy) is 2. The van der Waals surface area contributed by atoms with Crippen molar-refractivity contribution in [2.75, 3.05) is 24.4 Å². The zero-order valence-corrected chi connectivity index (χ0v) is 17.2. The highest BCUT2D eigenvalue weighted by atomic mass is 16.5. The molecule has 0 spiro atoms. The maximum atomic E-state index is 13.5. The van der Waals surface area contributed by atoms with Crippen LogP contribution in [0.2, 0.25) is 0 Å². The van der Waals surface area contributed by atoms with Gasteiger partial charge >= 0.3 is 0 Å². The second-order valence-corrected chi connectivity index (χ2v) is 7.06. The Bertz CT molecular complexity index is 1050. The van der Waals surface area contributed by atoms with Crippen molar-refractivity contribution < 1.29 is 19.4 Å². The number of aryl methyl sites for hydroxylation is 1. The van der Waals surface area contributed by atoms with Crippen molar-refractivity contribution in [3.63, 3.8) is 0 Å². The molecule has 1 atom stereocenters. The number of hydrogen-bond acceptors (Lipinski definition) is 5. The smallest absolute Gasteiger partial charge is 0.262 e. The molecule has 3 aromatic carbocycles. The summed E-state index contributed by atoms with van der Waals surface area (Å²) >= 11 is 0. The van der Waals surface area contributed by atoms with E-state index in [4.69, 9.17) is 9.47 Å². The summed E-state index contributed by atoms with van der Waals surface area (Å²) in [5.41, 5.74) is 4.05. The van der Waals surface area contributed by atoms with Crippen LogP contribution in [0.25, 0.3) is 0 Å². The fourth-order valence-corrected chi connectivity index (χ4v) is 3.72. The SMILES string of the molecule is CCc1ccc(N2C(=O)c3ccccc3NC2c2cc(OC)c(O)c(OC)c2)cc1. The van der Waals surface area contributed by atoms with Crippen LogP contribution in [0, 0.1) is 0 Å². The Labute approximate surface area is 175 Å². The first-order chi connectivity index (χ1) is 14.6. The van der Waals surface area contributed by atoms with Gasteiger partial charge in [0.25, 0.3) is 5.91 Å². The lowest BCUT2D eigenvalue weighted by Gasteiger charge is -2.38. The number of aromatic hydroxyl groups is 1. The highest BCUT2D eigenvalue weighted by molar-refractivity contribution is 6.12. The average molecular weight is 404 g/mol. The minimum absolute atomic E-state index is 0.0786. The number of carbonyl (C=O) groups is 1. The summed E-state index contributed by atoms with van der Waals surface area (Å²) in [5.74, 6) is 0.368. The molecule has 0 aromatic heterocycles. The molecule has 0 aliphatic carbocycles. The van der Waals surface area contributed by atoms with E-state index in [9.17, 15) is 9.90 Å². The van der Waals surface area contributed by atoms with Crippen LogP contribution in [-0.2, 0) is 6.42 Å². The molecule has 1 unspecified atom stereocenters. The van der Waals surface area contributed by atoms with E-state index < -0.39 is 6.17 Å². The predicted octanol–water partition coefficient (Wildman–Crippen LogP) is 4.74. The van der Waals surface area contributed by atoms with Gasteiger partial charge in [0.15, 0.2) is 11.5 Å². The van der Waals surface area contributed by atoms with Crippen molar-refractivity contribution in [3.8, 4) is 17.2 Å². The molecule has 6 nitrogen and oxygen atoms in total. The minimum atomic E-state index is -0.511. The van der Waals surface area contributed by atoms with Crippen molar-refractivity contribution >= 4 is 17.3 Å². The van der Waals surface area contributed by atoms with Crippen LogP contribution in [0.4, 0.5) is 11.4 Å². The molecule has 6 heteroatoms. The first-order valence-electron chi connectivity index (χ1n) is 9.80. The maximum Gasteiger partial charge on any atom is 0.262 e. The van der Waals surface area contributed by atoms with Gasteiger partial charge in [-0.25, -0.2) is 0 Å². The second-order valence-electron chi connectivity index (χ2n) is 7.06. The highest BCUT2D eigenvalue weighted by Crippen LogP contribution is 2.43. The zero-order valence-electron chi connectivity index (χ0n) is 17.2. The summed E-state index contributed by atoms with van der Waals surface area (Å²) in [5, 5.41) is 13.8. The quantitative estimate of drug-likeness (QED) is 0.643. The molecule has 0 radical (unpaired) electrons. The van der Waals surface area contributed by atoms with E-state index in [0.29, 0.717) is 5.56 Å². The Morgan fingerprint density at radius 2 is 1.63 bits per heavy atom. The summed E-state index contributed by atoms with van der Waals surface area (Å²) < 4.78 is 10.7. The van der Waals surface area contributed by atoms with E-state index in [-0.39, 0.29) is 23.2 Å². The third-order valence-electron chi connectivity index (χ3n) is 5.37. The zero-order chi connectivity index (χ0) is 21.3. The number of para-hydroxylation sites is 1. The lowest BCUT2D eigenvalue weighted by molar-refractivity contribution is 0.0975. The molecule has 1 aliphatic rings. The molecule has 1 amide bonds. The fraction of sp³-hybridized carbons (Fsp3) is 0.208.